The molecule has 1 aliphatic heterocycles. The number of halogens is 1. The van der Waals surface area contributed by atoms with Gasteiger partial charge in [0.1, 0.15) is 11.5 Å². The Labute approximate surface area is 265 Å². The van der Waals surface area contributed by atoms with Crippen molar-refractivity contribution in [1.29, 1.82) is 0 Å². The highest BCUT2D eigenvalue weighted by atomic mass is 35.5. The number of aliphatic hydroxyl groups is 1. The summed E-state index contributed by atoms with van der Waals surface area (Å²) in [6.07, 6.45) is 19.4. The van der Waals surface area contributed by atoms with Crippen molar-refractivity contribution in [3.05, 3.63) is 59.7 Å². The molecule has 7 heteroatoms. The van der Waals surface area contributed by atoms with E-state index < -0.39 is 5.97 Å². The number of aromatic hydroxyl groups is 2. The number of rotatable bonds is 20. The van der Waals surface area contributed by atoms with E-state index in [-0.39, 0.29) is 16.9 Å². The number of aliphatic carboxylic acids is 1. The summed E-state index contributed by atoms with van der Waals surface area (Å²) in [5.41, 5.74) is 2.10. The quantitative estimate of drug-likeness (QED) is 0.0667. The Morgan fingerprint density at radius 1 is 0.698 bits per heavy atom. The van der Waals surface area contributed by atoms with Crippen LogP contribution in [0.1, 0.15) is 128 Å². The van der Waals surface area contributed by atoms with Crippen molar-refractivity contribution in [1.82, 2.24) is 0 Å². The Kier molecular flexibility index (Phi) is 21.7. The highest BCUT2D eigenvalue weighted by Gasteiger charge is 2.22. The van der Waals surface area contributed by atoms with E-state index in [2.05, 4.69) is 13.8 Å². The van der Waals surface area contributed by atoms with Crippen molar-refractivity contribution < 1.29 is 30.0 Å². The molecule has 3 rings (SSSR count). The van der Waals surface area contributed by atoms with Crippen LogP contribution in [0.4, 0.5) is 0 Å². The smallest absolute Gasteiger partial charge is 0.303 e. The number of hydrogen-bond acceptors (Lipinski definition) is 5. The molecule has 1 atom stereocenters. The molecule has 0 aromatic heterocycles. The van der Waals surface area contributed by atoms with Crippen LogP contribution >= 0.6 is 11.6 Å². The summed E-state index contributed by atoms with van der Waals surface area (Å²) in [7, 11) is 0. The molecule has 1 fully saturated rings. The average Bonchev–Trinajstić information content (AvgIpc) is 3.83. The molecule has 0 amide bonds. The maximum absolute atomic E-state index is 10.3. The second kappa shape index (κ2) is 24.1. The number of ether oxygens (including phenoxy) is 1. The largest absolute Gasteiger partial charge is 0.508 e. The SMILES string of the molecule is CC(C)(c1ccc(O)cc1)c1ccc(O)cc1.ClCC1CO1.O=C(O)CCCCCCCCCCCCCCCCCO. The van der Waals surface area contributed by atoms with Gasteiger partial charge in [0.2, 0.25) is 0 Å². The number of carboxylic acids is 1. The van der Waals surface area contributed by atoms with E-state index in [0.717, 1.165) is 37.0 Å². The molecular formula is C36H57ClO6. The van der Waals surface area contributed by atoms with Crippen molar-refractivity contribution in [3.63, 3.8) is 0 Å². The van der Waals surface area contributed by atoms with Crippen molar-refractivity contribution in [2.24, 2.45) is 0 Å². The normalized spacial score (nSPS) is 13.8. The zero-order valence-electron chi connectivity index (χ0n) is 26.6. The summed E-state index contributed by atoms with van der Waals surface area (Å²) in [4.78, 5) is 10.3. The molecule has 4 N–H and O–H groups in total. The predicted molar refractivity (Wildman–Crippen MR) is 177 cm³/mol. The molecule has 0 spiro atoms. The minimum atomic E-state index is -0.664. The lowest BCUT2D eigenvalue weighted by molar-refractivity contribution is -0.137. The maximum atomic E-state index is 10.3. The Bertz CT molecular complexity index is 894. The van der Waals surface area contributed by atoms with E-state index in [9.17, 15) is 15.0 Å². The fourth-order valence-electron chi connectivity index (χ4n) is 4.77. The minimum Gasteiger partial charge on any atom is -0.508 e. The van der Waals surface area contributed by atoms with Crippen LogP contribution < -0.4 is 0 Å². The Balaban J connectivity index is 0.000000373. The van der Waals surface area contributed by atoms with Gasteiger partial charge < -0.3 is 25.2 Å². The molecule has 244 valence electrons. The number of epoxide rings is 1. The second-order valence-electron chi connectivity index (χ2n) is 12.0. The van der Waals surface area contributed by atoms with Gasteiger partial charge in [-0.3, -0.25) is 4.79 Å². The first kappa shape index (κ1) is 38.7. The van der Waals surface area contributed by atoms with Crippen molar-refractivity contribution in [3.8, 4) is 11.5 Å². The molecule has 1 aliphatic rings. The lowest BCUT2D eigenvalue weighted by Crippen LogP contribution is -2.18. The van der Waals surface area contributed by atoms with Gasteiger partial charge in [-0.15, -0.1) is 11.6 Å². The van der Waals surface area contributed by atoms with Gasteiger partial charge in [-0.2, -0.15) is 0 Å². The third kappa shape index (κ3) is 20.3. The lowest BCUT2D eigenvalue weighted by atomic mass is 9.78. The summed E-state index contributed by atoms with van der Waals surface area (Å²) in [5.74, 6) is 0.550. The number of phenols is 2. The van der Waals surface area contributed by atoms with Crippen molar-refractivity contribution in [2.45, 2.75) is 128 Å². The van der Waals surface area contributed by atoms with E-state index in [1.54, 1.807) is 24.3 Å². The summed E-state index contributed by atoms with van der Waals surface area (Å²) in [5, 5.41) is 35.8. The molecule has 1 unspecified atom stereocenters. The average molecular weight is 621 g/mol. The molecular weight excluding hydrogens is 564 g/mol. The minimum absolute atomic E-state index is 0.151. The topological polar surface area (TPSA) is 111 Å². The third-order valence-electron chi connectivity index (χ3n) is 7.80. The Morgan fingerprint density at radius 3 is 1.28 bits per heavy atom. The van der Waals surface area contributed by atoms with E-state index in [0.29, 0.717) is 25.0 Å². The van der Waals surface area contributed by atoms with Gasteiger partial charge in [-0.1, -0.05) is 122 Å². The van der Waals surface area contributed by atoms with Crippen LogP contribution in [0.3, 0.4) is 0 Å². The first-order valence-electron chi connectivity index (χ1n) is 16.3. The molecule has 43 heavy (non-hydrogen) atoms. The molecule has 6 nitrogen and oxygen atoms in total. The van der Waals surface area contributed by atoms with Gasteiger partial charge in [0.15, 0.2) is 0 Å². The maximum Gasteiger partial charge on any atom is 0.303 e. The van der Waals surface area contributed by atoms with Crippen molar-refractivity contribution >= 4 is 17.6 Å². The van der Waals surface area contributed by atoms with Crippen LogP contribution in [0, 0.1) is 0 Å². The summed E-state index contributed by atoms with van der Waals surface area (Å²) >= 11 is 5.27. The van der Waals surface area contributed by atoms with Crippen LogP contribution in [-0.4, -0.2) is 51.6 Å². The second-order valence-corrected chi connectivity index (χ2v) is 12.3. The molecule has 0 aliphatic carbocycles. The summed E-state index contributed by atoms with van der Waals surface area (Å²) < 4.78 is 4.73. The molecule has 0 saturated carbocycles. The molecule has 2 aromatic carbocycles. The number of benzene rings is 2. The Hall–Kier alpha value is -2.28. The van der Waals surface area contributed by atoms with Crippen LogP contribution in [0.25, 0.3) is 0 Å². The molecule has 1 heterocycles. The van der Waals surface area contributed by atoms with Crippen LogP contribution in [0.5, 0.6) is 11.5 Å². The third-order valence-corrected chi connectivity index (χ3v) is 8.15. The number of carboxylic acid groups (broad SMARTS) is 1. The number of carbonyl (C=O) groups is 1. The molecule has 0 radical (unpaired) electrons. The highest BCUT2D eigenvalue weighted by molar-refractivity contribution is 6.18. The summed E-state index contributed by atoms with van der Waals surface area (Å²) in [6, 6.07) is 14.4. The Morgan fingerprint density at radius 2 is 1.02 bits per heavy atom. The van der Waals surface area contributed by atoms with Gasteiger partial charge in [-0.05, 0) is 48.2 Å². The number of unbranched alkanes of at least 4 members (excludes halogenated alkanes) is 14. The first-order valence-corrected chi connectivity index (χ1v) is 16.8. The number of aliphatic hydroxyl groups excluding tert-OH is 1. The summed E-state index contributed by atoms with van der Waals surface area (Å²) in [6.45, 7) is 5.46. The standard InChI is InChI=1S/C18H36O3.C15H16O2.C3H5ClO/c19-17-15-13-11-9-7-5-3-1-2-4-6-8-10-12-14-16-18(20)21;1-15(2,11-3-7-13(16)8-4-11)12-5-9-14(17)10-6-12;4-1-3-2-5-3/h19H,1-17H2,(H,20,21);3-10,16-17H,1-2H3;3H,1-2H2. The first-order chi connectivity index (χ1) is 20.7. The number of phenolic OH excluding ortho intramolecular Hbond substituents is 2. The van der Waals surface area contributed by atoms with E-state index in [1.807, 2.05) is 24.3 Å². The number of hydrogen-bond donors (Lipinski definition) is 4. The van der Waals surface area contributed by atoms with Crippen LogP contribution in [0.2, 0.25) is 0 Å². The fourth-order valence-corrected chi connectivity index (χ4v) is 4.94. The lowest BCUT2D eigenvalue weighted by Gasteiger charge is -2.26. The zero-order chi connectivity index (χ0) is 31.8. The number of alkyl halides is 1. The molecule has 0 bridgehead atoms. The zero-order valence-corrected chi connectivity index (χ0v) is 27.4. The molecule has 1 saturated heterocycles. The van der Waals surface area contributed by atoms with E-state index in [1.165, 1.54) is 77.0 Å². The van der Waals surface area contributed by atoms with Gasteiger partial charge in [0.05, 0.1) is 18.6 Å². The van der Waals surface area contributed by atoms with Crippen LogP contribution in [-0.2, 0) is 14.9 Å². The van der Waals surface area contributed by atoms with Gasteiger partial charge in [-0.25, -0.2) is 0 Å². The van der Waals surface area contributed by atoms with Gasteiger partial charge in [0.25, 0.3) is 0 Å². The van der Waals surface area contributed by atoms with Crippen LogP contribution in [0.15, 0.2) is 48.5 Å². The van der Waals surface area contributed by atoms with Crippen molar-refractivity contribution in [2.75, 3.05) is 19.1 Å². The van der Waals surface area contributed by atoms with E-state index in [4.69, 9.17) is 26.6 Å². The predicted octanol–water partition coefficient (Wildman–Crippen LogP) is 9.35. The molecule has 2 aromatic rings. The highest BCUT2D eigenvalue weighted by Crippen LogP contribution is 2.33. The fraction of sp³-hybridized carbons (Fsp3) is 0.639. The van der Waals surface area contributed by atoms with E-state index >= 15 is 0 Å². The monoisotopic (exact) mass is 620 g/mol. The van der Waals surface area contributed by atoms with Gasteiger partial charge in [0, 0.05) is 18.4 Å². The van der Waals surface area contributed by atoms with Gasteiger partial charge >= 0.3 is 5.97 Å².